The van der Waals surface area contributed by atoms with E-state index in [-0.39, 0.29) is 17.9 Å². The van der Waals surface area contributed by atoms with Crippen molar-refractivity contribution < 1.29 is 4.79 Å². The minimum absolute atomic E-state index is 0.275. The van der Waals surface area contributed by atoms with Gasteiger partial charge in [0.05, 0.1) is 0 Å². The van der Waals surface area contributed by atoms with E-state index < -0.39 is 0 Å². The number of hydrogen-bond acceptors (Lipinski definition) is 2. The lowest BCUT2D eigenvalue weighted by Crippen LogP contribution is -2.46. The molecule has 0 aromatic carbocycles. The Labute approximate surface area is 92.0 Å². The van der Waals surface area contributed by atoms with Gasteiger partial charge >= 0.3 is 0 Å². The molecule has 3 nitrogen and oxygen atoms in total. The van der Waals surface area contributed by atoms with Crippen LogP contribution in [0.25, 0.3) is 0 Å². The first-order valence-corrected chi connectivity index (χ1v) is 6.16. The van der Waals surface area contributed by atoms with Gasteiger partial charge in [-0.2, -0.15) is 0 Å². The molecule has 1 saturated carbocycles. The van der Waals surface area contributed by atoms with Gasteiger partial charge in [0.15, 0.2) is 0 Å². The summed E-state index contributed by atoms with van der Waals surface area (Å²) in [6.45, 7) is 6.29. The van der Waals surface area contributed by atoms with Crippen molar-refractivity contribution in [2.45, 2.75) is 39.2 Å². The minimum atomic E-state index is 0.275. The average Bonchev–Trinajstić information content (AvgIpc) is 2.16. The predicted molar refractivity (Wildman–Crippen MR) is 60.5 cm³/mol. The molecule has 1 amide bonds. The van der Waals surface area contributed by atoms with E-state index in [1.54, 1.807) is 0 Å². The molecule has 0 aromatic rings. The van der Waals surface area contributed by atoms with Crippen LogP contribution in [0.15, 0.2) is 0 Å². The molecule has 2 fully saturated rings. The number of rotatable bonds is 2. The third kappa shape index (κ3) is 2.71. The lowest BCUT2D eigenvalue weighted by molar-refractivity contribution is -0.127. The first-order valence-electron chi connectivity index (χ1n) is 6.16. The second-order valence-corrected chi connectivity index (χ2v) is 5.46. The summed E-state index contributed by atoms with van der Waals surface area (Å²) in [4.78, 5) is 11.9. The minimum Gasteiger partial charge on any atom is -0.354 e. The van der Waals surface area contributed by atoms with Gasteiger partial charge < -0.3 is 10.6 Å². The van der Waals surface area contributed by atoms with Crippen LogP contribution in [0.3, 0.4) is 0 Å². The summed E-state index contributed by atoms with van der Waals surface area (Å²) >= 11 is 0. The van der Waals surface area contributed by atoms with E-state index in [2.05, 4.69) is 10.6 Å². The summed E-state index contributed by atoms with van der Waals surface area (Å²) in [5, 5.41) is 6.50. The lowest BCUT2D eigenvalue weighted by atomic mass is 9.72. The van der Waals surface area contributed by atoms with Crippen molar-refractivity contribution in [3.8, 4) is 0 Å². The molecule has 1 aliphatic carbocycles. The zero-order chi connectivity index (χ0) is 10.8. The van der Waals surface area contributed by atoms with Crippen molar-refractivity contribution in [3.63, 3.8) is 0 Å². The number of piperidine rings is 1. The Bertz CT molecular complexity index is 228. The van der Waals surface area contributed by atoms with Gasteiger partial charge in [-0.1, -0.05) is 0 Å². The molecular weight excluding hydrogens is 188 g/mol. The van der Waals surface area contributed by atoms with Gasteiger partial charge in [0.2, 0.25) is 5.91 Å². The van der Waals surface area contributed by atoms with Gasteiger partial charge in [0, 0.05) is 12.0 Å². The highest BCUT2D eigenvalue weighted by Gasteiger charge is 2.34. The van der Waals surface area contributed by atoms with Crippen molar-refractivity contribution in [1.82, 2.24) is 10.6 Å². The summed E-state index contributed by atoms with van der Waals surface area (Å²) in [5.41, 5.74) is 0. The van der Waals surface area contributed by atoms with E-state index in [9.17, 15) is 4.79 Å². The molecule has 2 bridgehead atoms. The molecule has 1 aliphatic heterocycles. The highest BCUT2D eigenvalue weighted by molar-refractivity contribution is 5.79. The van der Waals surface area contributed by atoms with Crippen LogP contribution >= 0.6 is 0 Å². The number of nitrogens with one attached hydrogen (secondary N) is 2. The number of fused-ring (bicyclic) bond motifs is 2. The molecule has 2 aliphatic rings. The normalized spacial score (nSPS) is 35.3. The monoisotopic (exact) mass is 210 g/mol. The Morgan fingerprint density at radius 3 is 2.33 bits per heavy atom. The fourth-order valence-electron chi connectivity index (χ4n) is 3.01. The van der Waals surface area contributed by atoms with Crippen LogP contribution in [0.5, 0.6) is 0 Å². The number of carbonyl (C=O) groups is 1. The number of amides is 1. The van der Waals surface area contributed by atoms with E-state index in [0.717, 1.165) is 37.8 Å². The van der Waals surface area contributed by atoms with Gasteiger partial charge in [0.25, 0.3) is 0 Å². The maximum Gasteiger partial charge on any atom is 0.223 e. The molecule has 2 rings (SSSR count). The Kier molecular flexibility index (Phi) is 3.29. The van der Waals surface area contributed by atoms with Crippen molar-refractivity contribution in [3.05, 3.63) is 0 Å². The van der Waals surface area contributed by atoms with E-state index >= 15 is 0 Å². The summed E-state index contributed by atoms with van der Waals surface area (Å²) in [5.74, 6) is 2.03. The SMILES string of the molecule is CC(C)NC(=O)C1C[C@H]2CNC[C@@H](C1)C2. The quantitative estimate of drug-likeness (QED) is 0.718. The van der Waals surface area contributed by atoms with E-state index in [1.807, 2.05) is 13.8 Å². The summed E-state index contributed by atoms with van der Waals surface area (Å²) in [6, 6.07) is 0.275. The van der Waals surface area contributed by atoms with Crippen LogP contribution < -0.4 is 10.6 Å². The standard InChI is InChI=1S/C12H22N2O/c1-8(2)14-12(15)11-4-9-3-10(5-11)7-13-6-9/h8-11,13H,3-7H2,1-2H3,(H,14,15)/t9-,10+,11?. The van der Waals surface area contributed by atoms with Gasteiger partial charge in [-0.05, 0) is 58.0 Å². The molecular formula is C12H22N2O. The van der Waals surface area contributed by atoms with Gasteiger partial charge in [0.1, 0.15) is 0 Å². The molecule has 3 heteroatoms. The first kappa shape index (κ1) is 10.9. The topological polar surface area (TPSA) is 41.1 Å². The van der Waals surface area contributed by atoms with E-state index in [1.165, 1.54) is 6.42 Å². The lowest BCUT2D eigenvalue weighted by Gasteiger charge is -2.39. The second kappa shape index (κ2) is 4.52. The molecule has 0 spiro atoms. The zero-order valence-corrected chi connectivity index (χ0v) is 9.75. The molecule has 1 saturated heterocycles. The van der Waals surface area contributed by atoms with Gasteiger partial charge in [-0.25, -0.2) is 0 Å². The maximum absolute atomic E-state index is 11.9. The van der Waals surface area contributed by atoms with Crippen molar-refractivity contribution in [2.24, 2.45) is 17.8 Å². The molecule has 3 atom stereocenters. The summed E-state index contributed by atoms with van der Waals surface area (Å²) < 4.78 is 0. The molecule has 0 aromatic heterocycles. The van der Waals surface area contributed by atoms with E-state index in [0.29, 0.717) is 0 Å². The molecule has 0 radical (unpaired) electrons. The predicted octanol–water partition coefficient (Wildman–Crippen LogP) is 1.15. The second-order valence-electron chi connectivity index (χ2n) is 5.46. The van der Waals surface area contributed by atoms with Gasteiger partial charge in [-0.15, -0.1) is 0 Å². The molecule has 1 heterocycles. The third-order valence-corrected chi connectivity index (χ3v) is 3.57. The highest BCUT2D eigenvalue weighted by atomic mass is 16.1. The number of carbonyl (C=O) groups excluding carboxylic acids is 1. The Balaban J connectivity index is 1.90. The average molecular weight is 210 g/mol. The summed E-state index contributed by atoms with van der Waals surface area (Å²) in [6.07, 6.45) is 3.50. The molecule has 86 valence electrons. The smallest absolute Gasteiger partial charge is 0.223 e. The Morgan fingerprint density at radius 2 is 1.80 bits per heavy atom. The first-order chi connectivity index (χ1) is 7.15. The van der Waals surface area contributed by atoms with Crippen molar-refractivity contribution >= 4 is 5.91 Å². The van der Waals surface area contributed by atoms with Crippen LogP contribution in [0.2, 0.25) is 0 Å². The van der Waals surface area contributed by atoms with Gasteiger partial charge in [-0.3, -0.25) is 4.79 Å². The Morgan fingerprint density at radius 1 is 1.20 bits per heavy atom. The van der Waals surface area contributed by atoms with Crippen LogP contribution in [0.1, 0.15) is 33.1 Å². The molecule has 2 N–H and O–H groups in total. The van der Waals surface area contributed by atoms with Crippen LogP contribution in [-0.2, 0) is 4.79 Å². The fourth-order valence-corrected chi connectivity index (χ4v) is 3.01. The zero-order valence-electron chi connectivity index (χ0n) is 9.75. The van der Waals surface area contributed by atoms with E-state index in [4.69, 9.17) is 0 Å². The van der Waals surface area contributed by atoms with Crippen molar-refractivity contribution in [1.29, 1.82) is 0 Å². The third-order valence-electron chi connectivity index (χ3n) is 3.57. The fraction of sp³-hybridized carbons (Fsp3) is 0.917. The molecule has 1 unspecified atom stereocenters. The highest BCUT2D eigenvalue weighted by Crippen LogP contribution is 2.35. The van der Waals surface area contributed by atoms with Crippen LogP contribution in [-0.4, -0.2) is 25.0 Å². The molecule has 15 heavy (non-hydrogen) atoms. The number of hydrogen-bond donors (Lipinski definition) is 2. The maximum atomic E-state index is 11.9. The van der Waals surface area contributed by atoms with Crippen LogP contribution in [0.4, 0.5) is 0 Å². The van der Waals surface area contributed by atoms with Crippen LogP contribution in [0, 0.1) is 17.8 Å². The largest absolute Gasteiger partial charge is 0.354 e. The Hall–Kier alpha value is -0.570. The summed E-state index contributed by atoms with van der Waals surface area (Å²) in [7, 11) is 0. The van der Waals surface area contributed by atoms with Crippen molar-refractivity contribution in [2.75, 3.05) is 13.1 Å².